The summed E-state index contributed by atoms with van der Waals surface area (Å²) < 4.78 is 45.0. The number of hydrogen-bond acceptors (Lipinski definition) is 2. The van der Waals surface area contributed by atoms with Crippen LogP contribution in [0.5, 0.6) is 5.75 Å². The highest BCUT2D eigenvalue weighted by molar-refractivity contribution is 6.30. The first kappa shape index (κ1) is 20.9. The third-order valence-electron chi connectivity index (χ3n) is 4.73. The topological polar surface area (TPSA) is 41.9 Å². The second-order valence-corrected chi connectivity index (χ2v) is 7.30. The summed E-state index contributed by atoms with van der Waals surface area (Å²) in [5, 5.41) is 0.540. The van der Waals surface area contributed by atoms with Gasteiger partial charge < -0.3 is 9.64 Å². The Morgan fingerprint density at radius 1 is 1.03 bits per heavy atom. The molecule has 1 amide bonds. The molecule has 0 N–H and O–H groups in total. The monoisotopic (exact) mass is 444 g/mol. The van der Waals surface area contributed by atoms with Crippen molar-refractivity contribution in [3.8, 4) is 5.75 Å². The van der Waals surface area contributed by atoms with Crippen molar-refractivity contribution in [2.75, 3.05) is 11.5 Å². The van der Waals surface area contributed by atoms with Crippen LogP contribution in [0.1, 0.15) is 16.7 Å². The average Bonchev–Trinajstić information content (AvgIpc) is 3.11. The van der Waals surface area contributed by atoms with E-state index in [1.165, 1.54) is 6.07 Å². The molecule has 0 saturated heterocycles. The lowest BCUT2D eigenvalue weighted by atomic mass is 10.1. The number of aliphatic imine (C=N–C) groups is 1. The Kier molecular flexibility index (Phi) is 5.69. The van der Waals surface area contributed by atoms with Crippen LogP contribution in [0.3, 0.4) is 0 Å². The molecular weight excluding hydrogens is 429 g/mol. The van der Waals surface area contributed by atoms with E-state index in [1.54, 1.807) is 47.4 Å². The summed E-state index contributed by atoms with van der Waals surface area (Å²) in [5.41, 5.74) is 1.10. The number of ether oxygens (including phenoxy) is 1. The summed E-state index contributed by atoms with van der Waals surface area (Å²) in [7, 11) is 0. The minimum Gasteiger partial charge on any atom is -0.484 e. The van der Waals surface area contributed by atoms with Gasteiger partial charge in [-0.1, -0.05) is 41.9 Å². The first-order valence-electron chi connectivity index (χ1n) is 9.34. The molecule has 0 unspecified atom stereocenters. The van der Waals surface area contributed by atoms with Gasteiger partial charge in [0.15, 0.2) is 6.61 Å². The number of carbonyl (C=O) groups is 1. The van der Waals surface area contributed by atoms with Crippen LogP contribution in [-0.2, 0) is 17.5 Å². The number of benzene rings is 3. The van der Waals surface area contributed by atoms with Gasteiger partial charge in [0.1, 0.15) is 11.6 Å². The summed E-state index contributed by atoms with van der Waals surface area (Å²) in [6.07, 6.45) is -4.47. The van der Waals surface area contributed by atoms with Gasteiger partial charge in [-0.3, -0.25) is 4.79 Å². The standard InChI is InChI=1S/C23H16ClF3N2O2/c24-17-8-10-19(11-9-17)31-14-21(30)28-22-20-7-2-1-4-15(20)13-29(22)18-6-3-5-16(12-18)23(25,26)27/h1-12H,13-14H2. The fraction of sp³-hybridized carbons (Fsp3) is 0.130. The normalized spacial score (nSPS) is 14.6. The Morgan fingerprint density at radius 2 is 1.77 bits per heavy atom. The molecule has 0 aliphatic carbocycles. The van der Waals surface area contributed by atoms with E-state index in [1.807, 2.05) is 12.1 Å². The number of hydrogen-bond donors (Lipinski definition) is 0. The highest BCUT2D eigenvalue weighted by Gasteiger charge is 2.33. The molecule has 0 aromatic heterocycles. The highest BCUT2D eigenvalue weighted by Crippen LogP contribution is 2.34. The van der Waals surface area contributed by atoms with E-state index in [0.29, 0.717) is 34.4 Å². The van der Waals surface area contributed by atoms with Gasteiger partial charge in [0.2, 0.25) is 0 Å². The molecule has 0 spiro atoms. The Labute approximate surface area is 181 Å². The Balaban J connectivity index is 1.62. The number of nitrogens with zero attached hydrogens (tertiary/aromatic N) is 2. The van der Waals surface area contributed by atoms with Crippen LogP contribution in [-0.4, -0.2) is 18.3 Å². The van der Waals surface area contributed by atoms with Crippen molar-refractivity contribution in [2.24, 2.45) is 4.99 Å². The van der Waals surface area contributed by atoms with E-state index in [0.717, 1.165) is 17.7 Å². The molecule has 3 aromatic rings. The first-order chi connectivity index (χ1) is 14.8. The molecule has 0 saturated carbocycles. The molecule has 4 nitrogen and oxygen atoms in total. The molecule has 3 aromatic carbocycles. The van der Waals surface area contributed by atoms with Crippen LogP contribution < -0.4 is 9.64 Å². The number of rotatable bonds is 4. The van der Waals surface area contributed by atoms with Crippen molar-refractivity contribution < 1.29 is 22.7 Å². The van der Waals surface area contributed by atoms with Crippen molar-refractivity contribution in [3.63, 3.8) is 0 Å². The molecule has 1 heterocycles. The van der Waals surface area contributed by atoms with Gasteiger partial charge >= 0.3 is 6.18 Å². The Hall–Kier alpha value is -3.32. The van der Waals surface area contributed by atoms with Gasteiger partial charge in [-0.05, 0) is 48.0 Å². The highest BCUT2D eigenvalue weighted by atomic mass is 35.5. The second-order valence-electron chi connectivity index (χ2n) is 6.86. The summed E-state index contributed by atoms with van der Waals surface area (Å²) in [4.78, 5) is 18.3. The molecule has 31 heavy (non-hydrogen) atoms. The van der Waals surface area contributed by atoms with Crippen LogP contribution in [0, 0.1) is 0 Å². The molecule has 4 rings (SSSR count). The van der Waals surface area contributed by atoms with Gasteiger partial charge in [0, 0.05) is 16.3 Å². The molecule has 1 aliphatic heterocycles. The quantitative estimate of drug-likeness (QED) is 0.516. The minimum atomic E-state index is -4.47. The van der Waals surface area contributed by atoms with Crippen LogP contribution in [0.15, 0.2) is 77.8 Å². The summed E-state index contributed by atoms with van der Waals surface area (Å²) in [6, 6.07) is 18.7. The number of amidine groups is 1. The predicted octanol–water partition coefficient (Wildman–Crippen LogP) is 5.73. The first-order valence-corrected chi connectivity index (χ1v) is 9.72. The van der Waals surface area contributed by atoms with E-state index in [9.17, 15) is 18.0 Å². The van der Waals surface area contributed by atoms with Gasteiger partial charge in [-0.2, -0.15) is 18.2 Å². The Bertz CT molecular complexity index is 1140. The molecule has 0 radical (unpaired) electrons. The molecule has 0 atom stereocenters. The van der Waals surface area contributed by atoms with E-state index in [4.69, 9.17) is 16.3 Å². The summed E-state index contributed by atoms with van der Waals surface area (Å²) in [6.45, 7) is -0.00856. The summed E-state index contributed by atoms with van der Waals surface area (Å²) >= 11 is 5.83. The van der Waals surface area contributed by atoms with Crippen molar-refractivity contribution in [2.45, 2.75) is 12.7 Å². The van der Waals surface area contributed by atoms with Crippen molar-refractivity contribution in [3.05, 3.63) is 94.5 Å². The van der Waals surface area contributed by atoms with E-state index in [2.05, 4.69) is 4.99 Å². The fourth-order valence-electron chi connectivity index (χ4n) is 3.28. The molecule has 158 valence electrons. The zero-order valence-electron chi connectivity index (χ0n) is 16.1. The van der Waals surface area contributed by atoms with Gasteiger partial charge in [-0.25, -0.2) is 0 Å². The lowest BCUT2D eigenvalue weighted by molar-refractivity contribution is -0.137. The number of halogens is 4. The number of carbonyl (C=O) groups excluding carboxylic acids is 1. The van der Waals surface area contributed by atoms with E-state index in [-0.39, 0.29) is 6.61 Å². The van der Waals surface area contributed by atoms with Crippen molar-refractivity contribution in [1.29, 1.82) is 0 Å². The van der Waals surface area contributed by atoms with Crippen LogP contribution >= 0.6 is 11.6 Å². The fourth-order valence-corrected chi connectivity index (χ4v) is 3.40. The smallest absolute Gasteiger partial charge is 0.416 e. The molecule has 8 heteroatoms. The second kappa shape index (κ2) is 8.43. The molecule has 0 fully saturated rings. The maximum absolute atomic E-state index is 13.2. The third-order valence-corrected chi connectivity index (χ3v) is 4.99. The zero-order chi connectivity index (χ0) is 22.0. The Morgan fingerprint density at radius 3 is 2.52 bits per heavy atom. The number of alkyl halides is 3. The number of amides is 1. The average molecular weight is 445 g/mol. The van der Waals surface area contributed by atoms with Crippen molar-refractivity contribution >= 4 is 29.0 Å². The van der Waals surface area contributed by atoms with Crippen LogP contribution in [0.2, 0.25) is 5.02 Å². The lowest BCUT2D eigenvalue weighted by Crippen LogP contribution is -2.26. The number of fused-ring (bicyclic) bond motifs is 1. The van der Waals surface area contributed by atoms with Crippen molar-refractivity contribution in [1.82, 2.24) is 0 Å². The third kappa shape index (κ3) is 4.72. The van der Waals surface area contributed by atoms with Gasteiger partial charge in [-0.15, -0.1) is 0 Å². The maximum atomic E-state index is 13.2. The van der Waals surface area contributed by atoms with E-state index >= 15 is 0 Å². The maximum Gasteiger partial charge on any atom is 0.416 e. The van der Waals surface area contributed by atoms with E-state index < -0.39 is 17.6 Å². The molecular formula is C23H16ClF3N2O2. The number of anilines is 1. The molecule has 1 aliphatic rings. The zero-order valence-corrected chi connectivity index (χ0v) is 16.8. The summed E-state index contributed by atoms with van der Waals surface area (Å²) in [5.74, 6) is 0.192. The lowest BCUT2D eigenvalue weighted by Gasteiger charge is -2.20. The van der Waals surface area contributed by atoms with Gasteiger partial charge in [0.25, 0.3) is 5.91 Å². The molecule has 0 bridgehead atoms. The SMILES string of the molecule is O=C(COc1ccc(Cl)cc1)N=C1c2ccccc2CN1c1cccc(C(F)(F)F)c1. The van der Waals surface area contributed by atoms with Crippen LogP contribution in [0.25, 0.3) is 0 Å². The van der Waals surface area contributed by atoms with Gasteiger partial charge in [0.05, 0.1) is 12.1 Å². The minimum absolute atomic E-state index is 0.291. The van der Waals surface area contributed by atoms with Crippen LogP contribution in [0.4, 0.5) is 18.9 Å². The largest absolute Gasteiger partial charge is 0.484 e. The predicted molar refractivity (Wildman–Crippen MR) is 113 cm³/mol.